The van der Waals surface area contributed by atoms with Crippen molar-refractivity contribution >= 4 is 5.91 Å². The average molecular weight is 225 g/mol. The van der Waals surface area contributed by atoms with Gasteiger partial charge in [-0.2, -0.15) is 0 Å². The summed E-state index contributed by atoms with van der Waals surface area (Å²) in [5.74, 6) is -7.27. The number of nitrogens with two attached hydrogens (primary N) is 1. The fraction of sp³-hybridized carbons (Fsp3) is 0.889. The van der Waals surface area contributed by atoms with Crippen molar-refractivity contribution in [1.29, 1.82) is 0 Å². The number of carbonyl (C=O) groups is 1. The van der Waals surface area contributed by atoms with Gasteiger partial charge in [-0.1, -0.05) is 0 Å². The zero-order chi connectivity index (χ0) is 11.5. The lowest BCUT2D eigenvalue weighted by molar-refractivity contribution is -0.229. The van der Waals surface area contributed by atoms with Crippen molar-refractivity contribution in [2.75, 3.05) is 0 Å². The molecular formula is C9H11F4NO. The molecule has 2 aliphatic rings. The van der Waals surface area contributed by atoms with Crippen LogP contribution in [0.1, 0.15) is 25.7 Å². The van der Waals surface area contributed by atoms with Crippen molar-refractivity contribution < 1.29 is 22.4 Å². The van der Waals surface area contributed by atoms with Crippen LogP contribution >= 0.6 is 0 Å². The molecule has 2 saturated carbocycles. The van der Waals surface area contributed by atoms with Crippen LogP contribution < -0.4 is 5.73 Å². The molecule has 0 spiro atoms. The lowest BCUT2D eigenvalue weighted by Crippen LogP contribution is -2.62. The fourth-order valence-electron chi connectivity index (χ4n) is 2.59. The molecule has 0 aromatic carbocycles. The van der Waals surface area contributed by atoms with Gasteiger partial charge in [0.2, 0.25) is 17.8 Å². The molecule has 15 heavy (non-hydrogen) atoms. The van der Waals surface area contributed by atoms with Gasteiger partial charge >= 0.3 is 0 Å². The Morgan fingerprint density at radius 2 is 1.53 bits per heavy atom. The third kappa shape index (κ3) is 1.50. The average Bonchev–Trinajstić information content (AvgIpc) is 1.93. The van der Waals surface area contributed by atoms with Gasteiger partial charge in [-0.3, -0.25) is 4.79 Å². The monoisotopic (exact) mass is 225 g/mol. The zero-order valence-corrected chi connectivity index (χ0v) is 7.90. The lowest BCUT2D eigenvalue weighted by Gasteiger charge is -2.54. The molecule has 6 heteroatoms. The predicted molar refractivity (Wildman–Crippen MR) is 43.5 cm³/mol. The molecule has 0 bridgehead atoms. The highest BCUT2D eigenvalue weighted by atomic mass is 19.3. The van der Waals surface area contributed by atoms with Crippen LogP contribution in [0.5, 0.6) is 0 Å². The molecule has 0 radical (unpaired) electrons. The van der Waals surface area contributed by atoms with Crippen molar-refractivity contribution in [3.05, 3.63) is 0 Å². The standard InChI is InChI=1S/C9H11F4NO/c10-8(11)1-5(2-8)7(6(14)15)3-9(12,13)4-7/h5H,1-4H2,(H2,14,15). The van der Waals surface area contributed by atoms with Gasteiger partial charge in [-0.05, 0) is 5.92 Å². The Morgan fingerprint density at radius 3 is 1.80 bits per heavy atom. The molecule has 0 unspecified atom stereocenters. The molecule has 2 aliphatic carbocycles. The number of hydrogen-bond donors (Lipinski definition) is 1. The molecule has 1 amide bonds. The molecule has 0 aromatic heterocycles. The van der Waals surface area contributed by atoms with Crippen LogP contribution in [0.2, 0.25) is 0 Å². The van der Waals surface area contributed by atoms with Crippen LogP contribution in [-0.2, 0) is 4.79 Å². The second kappa shape index (κ2) is 2.65. The Labute approximate surface area is 83.8 Å². The number of hydrogen-bond acceptors (Lipinski definition) is 1. The Kier molecular flexibility index (Phi) is 1.89. The van der Waals surface area contributed by atoms with Gasteiger partial charge in [0.05, 0.1) is 5.41 Å². The maximum absolute atomic E-state index is 12.7. The molecule has 2 rings (SSSR count). The summed E-state index contributed by atoms with van der Waals surface area (Å²) >= 11 is 0. The van der Waals surface area contributed by atoms with Crippen LogP contribution in [-0.4, -0.2) is 17.8 Å². The van der Waals surface area contributed by atoms with E-state index >= 15 is 0 Å². The molecule has 2 N–H and O–H groups in total. The largest absolute Gasteiger partial charge is 0.369 e. The van der Waals surface area contributed by atoms with Crippen molar-refractivity contribution in [2.24, 2.45) is 17.1 Å². The van der Waals surface area contributed by atoms with E-state index in [4.69, 9.17) is 5.73 Å². The van der Waals surface area contributed by atoms with E-state index < -0.39 is 54.8 Å². The van der Waals surface area contributed by atoms with Gasteiger partial charge in [0.15, 0.2) is 0 Å². The molecule has 0 aromatic rings. The number of halogens is 4. The summed E-state index contributed by atoms with van der Waals surface area (Å²) in [7, 11) is 0. The van der Waals surface area contributed by atoms with E-state index in [1.165, 1.54) is 0 Å². The fourth-order valence-corrected chi connectivity index (χ4v) is 2.59. The maximum atomic E-state index is 12.7. The molecule has 2 nitrogen and oxygen atoms in total. The first-order chi connectivity index (χ1) is 6.67. The van der Waals surface area contributed by atoms with Crippen LogP contribution in [0, 0.1) is 11.3 Å². The van der Waals surface area contributed by atoms with E-state index in [1.54, 1.807) is 0 Å². The first-order valence-electron chi connectivity index (χ1n) is 4.73. The highest BCUT2D eigenvalue weighted by Gasteiger charge is 2.68. The Bertz CT molecular complexity index is 299. The maximum Gasteiger partial charge on any atom is 0.250 e. The van der Waals surface area contributed by atoms with Crippen molar-refractivity contribution in [2.45, 2.75) is 37.5 Å². The first kappa shape index (κ1) is 10.7. The molecule has 0 heterocycles. The van der Waals surface area contributed by atoms with Crippen LogP contribution in [0.25, 0.3) is 0 Å². The zero-order valence-electron chi connectivity index (χ0n) is 7.90. The summed E-state index contributed by atoms with van der Waals surface area (Å²) in [6, 6.07) is 0. The number of alkyl halides is 4. The highest BCUT2D eigenvalue weighted by Crippen LogP contribution is 2.63. The van der Waals surface area contributed by atoms with Gasteiger partial charge in [0.25, 0.3) is 0 Å². The van der Waals surface area contributed by atoms with E-state index in [1.807, 2.05) is 0 Å². The smallest absolute Gasteiger partial charge is 0.250 e. The number of carbonyl (C=O) groups excluding carboxylic acids is 1. The van der Waals surface area contributed by atoms with Crippen molar-refractivity contribution in [3.63, 3.8) is 0 Å². The third-order valence-corrected chi connectivity index (χ3v) is 3.51. The second-order valence-corrected chi connectivity index (χ2v) is 4.69. The van der Waals surface area contributed by atoms with Crippen LogP contribution in [0.4, 0.5) is 17.6 Å². The van der Waals surface area contributed by atoms with E-state index in [0.29, 0.717) is 0 Å². The Morgan fingerprint density at radius 1 is 1.07 bits per heavy atom. The van der Waals surface area contributed by atoms with Crippen LogP contribution in [0.15, 0.2) is 0 Å². The van der Waals surface area contributed by atoms with Gasteiger partial charge < -0.3 is 5.73 Å². The van der Waals surface area contributed by atoms with Gasteiger partial charge in [0, 0.05) is 25.7 Å². The SMILES string of the molecule is NC(=O)C1(C2CC(F)(F)C2)CC(F)(F)C1. The number of amides is 1. The normalized spacial score (nSPS) is 31.5. The Balaban J connectivity index is 2.08. The summed E-state index contributed by atoms with van der Waals surface area (Å²) in [6.07, 6.45) is -2.33. The van der Waals surface area contributed by atoms with Gasteiger partial charge in [-0.15, -0.1) is 0 Å². The first-order valence-corrected chi connectivity index (χ1v) is 4.73. The topological polar surface area (TPSA) is 43.1 Å². The minimum absolute atomic E-state index is 0.494. The van der Waals surface area contributed by atoms with Gasteiger partial charge in [0.1, 0.15) is 0 Å². The molecular weight excluding hydrogens is 214 g/mol. The molecule has 0 aliphatic heterocycles. The number of primary amides is 1. The van der Waals surface area contributed by atoms with Crippen molar-refractivity contribution in [1.82, 2.24) is 0 Å². The van der Waals surface area contributed by atoms with Crippen molar-refractivity contribution in [3.8, 4) is 0 Å². The van der Waals surface area contributed by atoms with E-state index in [2.05, 4.69) is 0 Å². The summed E-state index contributed by atoms with van der Waals surface area (Å²) in [5, 5.41) is 0. The summed E-state index contributed by atoms with van der Waals surface area (Å²) in [5.41, 5.74) is 3.65. The van der Waals surface area contributed by atoms with Gasteiger partial charge in [-0.25, -0.2) is 17.6 Å². The molecule has 0 atom stereocenters. The summed E-state index contributed by atoms with van der Waals surface area (Å²) < 4.78 is 50.6. The summed E-state index contributed by atoms with van der Waals surface area (Å²) in [4.78, 5) is 11.1. The van der Waals surface area contributed by atoms with Crippen LogP contribution in [0.3, 0.4) is 0 Å². The quantitative estimate of drug-likeness (QED) is 0.717. The molecule has 86 valence electrons. The third-order valence-electron chi connectivity index (χ3n) is 3.51. The Hall–Kier alpha value is -0.810. The number of rotatable bonds is 2. The second-order valence-electron chi connectivity index (χ2n) is 4.69. The minimum Gasteiger partial charge on any atom is -0.369 e. The predicted octanol–water partition coefficient (Wildman–Crippen LogP) is 1.93. The summed E-state index contributed by atoms with van der Waals surface area (Å²) in [6.45, 7) is 0. The minimum atomic E-state index is -2.92. The highest BCUT2D eigenvalue weighted by molar-refractivity contribution is 5.83. The molecule has 0 saturated heterocycles. The van der Waals surface area contributed by atoms with E-state index in [-0.39, 0.29) is 0 Å². The molecule has 2 fully saturated rings. The lowest BCUT2D eigenvalue weighted by atomic mass is 9.52. The van der Waals surface area contributed by atoms with E-state index in [0.717, 1.165) is 0 Å². The van der Waals surface area contributed by atoms with E-state index in [9.17, 15) is 22.4 Å².